The zero-order valence-electron chi connectivity index (χ0n) is 11.7. The third-order valence-electron chi connectivity index (χ3n) is 4.56. The number of rotatable bonds is 4. The van der Waals surface area contributed by atoms with Gasteiger partial charge in [-0.05, 0) is 42.9 Å². The molecule has 3 rings (SSSR count). The number of likely N-dealkylation sites (tertiary alicyclic amines) is 1. The van der Waals surface area contributed by atoms with Gasteiger partial charge >= 0.3 is 0 Å². The molecule has 0 aromatic heterocycles. The molecule has 2 bridgehead atoms. The van der Waals surface area contributed by atoms with Gasteiger partial charge in [-0.2, -0.15) is 0 Å². The second kappa shape index (κ2) is 5.32. The molecule has 1 aliphatic heterocycles. The van der Waals surface area contributed by atoms with E-state index in [1.165, 1.54) is 31.4 Å². The number of hydrogen-bond donors (Lipinski definition) is 2. The number of nitrogens with zero attached hydrogens (tertiary/aromatic N) is 2. The van der Waals surface area contributed by atoms with E-state index in [4.69, 9.17) is 15.7 Å². The quantitative estimate of drug-likeness (QED) is 0.380. The summed E-state index contributed by atoms with van der Waals surface area (Å²) in [6, 6.07) is 6.64. The first-order valence-electron chi connectivity index (χ1n) is 7.10. The molecule has 20 heavy (non-hydrogen) atoms. The van der Waals surface area contributed by atoms with E-state index < -0.39 is 0 Å². The van der Waals surface area contributed by atoms with Crippen LogP contribution < -0.4 is 10.5 Å². The molecular formula is C15H21N3O2. The number of hydrogen-bond acceptors (Lipinski definition) is 4. The molecule has 5 nitrogen and oxygen atoms in total. The highest BCUT2D eigenvalue weighted by Gasteiger charge is 2.37. The summed E-state index contributed by atoms with van der Waals surface area (Å²) < 4.78 is 5.26. The zero-order valence-corrected chi connectivity index (χ0v) is 11.7. The summed E-state index contributed by atoms with van der Waals surface area (Å²) in [5.74, 6) is 1.61. The molecule has 5 heteroatoms. The first-order chi connectivity index (χ1) is 9.71. The van der Waals surface area contributed by atoms with Gasteiger partial charge in [0.1, 0.15) is 5.75 Å². The third-order valence-corrected chi connectivity index (χ3v) is 4.56. The van der Waals surface area contributed by atoms with Crippen LogP contribution in [0.3, 0.4) is 0 Å². The van der Waals surface area contributed by atoms with Gasteiger partial charge in [0.15, 0.2) is 5.84 Å². The molecule has 1 saturated carbocycles. The van der Waals surface area contributed by atoms with Crippen molar-refractivity contribution in [1.29, 1.82) is 0 Å². The second-order valence-electron chi connectivity index (χ2n) is 5.78. The normalized spacial score (nSPS) is 26.1. The molecule has 2 unspecified atom stereocenters. The molecule has 2 atom stereocenters. The van der Waals surface area contributed by atoms with E-state index in [9.17, 15) is 0 Å². The fourth-order valence-corrected chi connectivity index (χ4v) is 3.56. The molecule has 0 spiro atoms. The summed E-state index contributed by atoms with van der Waals surface area (Å²) in [7, 11) is 1.59. The summed E-state index contributed by atoms with van der Waals surface area (Å²) in [5, 5.41) is 11.9. The Balaban J connectivity index is 1.80. The Morgan fingerprint density at radius 3 is 2.95 bits per heavy atom. The van der Waals surface area contributed by atoms with E-state index in [2.05, 4.69) is 16.1 Å². The Kier molecular flexibility index (Phi) is 3.53. The molecule has 0 amide bonds. The van der Waals surface area contributed by atoms with Crippen LogP contribution in [0.25, 0.3) is 0 Å². The van der Waals surface area contributed by atoms with Gasteiger partial charge in [-0.1, -0.05) is 11.2 Å². The van der Waals surface area contributed by atoms with Gasteiger partial charge in [0.25, 0.3) is 0 Å². The fraction of sp³-hybridized carbons (Fsp3) is 0.533. The minimum atomic E-state index is 0.0895. The summed E-state index contributed by atoms with van der Waals surface area (Å²) in [6.45, 7) is 2.13. The van der Waals surface area contributed by atoms with Crippen molar-refractivity contribution in [3.8, 4) is 5.75 Å². The third kappa shape index (κ3) is 2.33. The number of ether oxygens (including phenoxy) is 1. The predicted molar refractivity (Wildman–Crippen MR) is 77.0 cm³/mol. The number of amidine groups is 1. The van der Waals surface area contributed by atoms with Crippen molar-refractivity contribution in [3.05, 3.63) is 29.3 Å². The van der Waals surface area contributed by atoms with E-state index >= 15 is 0 Å². The fourth-order valence-electron chi connectivity index (χ4n) is 3.56. The van der Waals surface area contributed by atoms with E-state index in [1.54, 1.807) is 7.11 Å². The SMILES string of the molecule is COc1ccc(CN2CC3CCC2C3)cc1C(N)=NO. The highest BCUT2D eigenvalue weighted by molar-refractivity contribution is 5.99. The van der Waals surface area contributed by atoms with Crippen molar-refractivity contribution in [2.45, 2.75) is 31.8 Å². The van der Waals surface area contributed by atoms with Crippen LogP contribution in [0, 0.1) is 5.92 Å². The minimum Gasteiger partial charge on any atom is -0.496 e. The topological polar surface area (TPSA) is 71.1 Å². The maximum absolute atomic E-state index is 8.87. The lowest BCUT2D eigenvalue weighted by molar-refractivity contribution is 0.205. The smallest absolute Gasteiger partial charge is 0.173 e. The molecule has 1 aromatic carbocycles. The van der Waals surface area contributed by atoms with Gasteiger partial charge < -0.3 is 15.7 Å². The molecule has 1 heterocycles. The standard InChI is InChI=1S/C15H21N3O2/c1-20-14-5-3-11(7-13(14)15(16)17-19)9-18-8-10-2-4-12(18)6-10/h3,5,7,10,12,19H,2,4,6,8-9H2,1H3,(H2,16,17). The van der Waals surface area contributed by atoms with E-state index in [-0.39, 0.29) is 5.84 Å². The molecule has 1 aliphatic carbocycles. The van der Waals surface area contributed by atoms with Crippen LogP contribution in [-0.2, 0) is 6.54 Å². The summed E-state index contributed by atoms with van der Waals surface area (Å²) >= 11 is 0. The van der Waals surface area contributed by atoms with Crippen LogP contribution >= 0.6 is 0 Å². The van der Waals surface area contributed by atoms with Crippen molar-refractivity contribution < 1.29 is 9.94 Å². The number of nitrogens with two attached hydrogens (primary N) is 1. The van der Waals surface area contributed by atoms with Gasteiger partial charge in [-0.25, -0.2) is 0 Å². The van der Waals surface area contributed by atoms with E-state index in [0.29, 0.717) is 11.3 Å². The average Bonchev–Trinajstić information content (AvgIpc) is 3.09. The van der Waals surface area contributed by atoms with Crippen molar-refractivity contribution in [1.82, 2.24) is 4.90 Å². The van der Waals surface area contributed by atoms with Gasteiger partial charge in [0.05, 0.1) is 12.7 Å². The van der Waals surface area contributed by atoms with Crippen molar-refractivity contribution in [2.75, 3.05) is 13.7 Å². The maximum atomic E-state index is 8.87. The van der Waals surface area contributed by atoms with E-state index in [0.717, 1.165) is 18.5 Å². The van der Waals surface area contributed by atoms with Crippen LogP contribution in [0.15, 0.2) is 23.4 Å². The molecule has 108 valence electrons. The van der Waals surface area contributed by atoms with Crippen molar-refractivity contribution in [3.63, 3.8) is 0 Å². The number of methoxy groups -OCH3 is 1. The Morgan fingerprint density at radius 1 is 1.50 bits per heavy atom. The molecule has 2 aliphatic rings. The number of fused-ring (bicyclic) bond motifs is 2. The highest BCUT2D eigenvalue weighted by atomic mass is 16.5. The Hall–Kier alpha value is -1.75. The minimum absolute atomic E-state index is 0.0895. The summed E-state index contributed by atoms with van der Waals surface area (Å²) in [4.78, 5) is 2.55. The van der Waals surface area contributed by atoms with Crippen LogP contribution in [0.2, 0.25) is 0 Å². The number of oxime groups is 1. The van der Waals surface area contributed by atoms with E-state index in [1.807, 2.05) is 12.1 Å². The molecule has 2 fully saturated rings. The first-order valence-corrected chi connectivity index (χ1v) is 7.10. The van der Waals surface area contributed by atoms with Gasteiger partial charge in [0.2, 0.25) is 0 Å². The number of benzene rings is 1. The lowest BCUT2D eigenvalue weighted by atomic mass is 10.1. The van der Waals surface area contributed by atoms with Crippen LogP contribution in [0.4, 0.5) is 0 Å². The Labute approximate surface area is 119 Å². The Morgan fingerprint density at radius 2 is 2.35 bits per heavy atom. The van der Waals surface area contributed by atoms with Crippen LogP contribution in [0.5, 0.6) is 5.75 Å². The van der Waals surface area contributed by atoms with Crippen molar-refractivity contribution >= 4 is 5.84 Å². The summed E-state index contributed by atoms with van der Waals surface area (Å²) in [5.41, 5.74) is 7.54. The molecular weight excluding hydrogens is 254 g/mol. The van der Waals surface area contributed by atoms with Gasteiger partial charge in [-0.15, -0.1) is 0 Å². The lowest BCUT2D eigenvalue weighted by Crippen LogP contribution is -2.31. The van der Waals surface area contributed by atoms with Crippen LogP contribution in [-0.4, -0.2) is 35.6 Å². The lowest BCUT2D eigenvalue weighted by Gasteiger charge is -2.27. The molecule has 1 saturated heterocycles. The zero-order chi connectivity index (χ0) is 14.1. The second-order valence-corrected chi connectivity index (χ2v) is 5.78. The largest absolute Gasteiger partial charge is 0.496 e. The predicted octanol–water partition coefficient (Wildman–Crippen LogP) is 1.77. The average molecular weight is 275 g/mol. The van der Waals surface area contributed by atoms with Gasteiger partial charge in [-0.3, -0.25) is 4.90 Å². The number of piperidine rings is 1. The first kappa shape index (κ1) is 13.2. The Bertz CT molecular complexity index is 530. The van der Waals surface area contributed by atoms with Crippen LogP contribution in [0.1, 0.15) is 30.4 Å². The monoisotopic (exact) mass is 275 g/mol. The summed E-state index contributed by atoms with van der Waals surface area (Å²) in [6.07, 6.45) is 4.07. The molecule has 0 radical (unpaired) electrons. The van der Waals surface area contributed by atoms with Gasteiger partial charge in [0, 0.05) is 19.1 Å². The highest BCUT2D eigenvalue weighted by Crippen LogP contribution is 2.38. The maximum Gasteiger partial charge on any atom is 0.173 e. The van der Waals surface area contributed by atoms with Crippen molar-refractivity contribution in [2.24, 2.45) is 16.8 Å². The molecule has 3 N–H and O–H groups in total. The molecule has 1 aromatic rings.